The zero-order chi connectivity index (χ0) is 17.0. The van der Waals surface area contributed by atoms with Crippen LogP contribution in [0.5, 0.6) is 0 Å². The van der Waals surface area contributed by atoms with E-state index in [-0.39, 0.29) is 6.09 Å². The van der Waals surface area contributed by atoms with E-state index in [4.69, 9.17) is 4.74 Å². The van der Waals surface area contributed by atoms with Gasteiger partial charge in [-0.25, -0.2) is 4.79 Å². The number of piperidine rings is 1. The Morgan fingerprint density at radius 1 is 1.43 bits per heavy atom. The van der Waals surface area contributed by atoms with Crippen LogP contribution in [0.15, 0.2) is 18.3 Å². The highest BCUT2D eigenvalue weighted by molar-refractivity contribution is 5.68. The summed E-state index contributed by atoms with van der Waals surface area (Å²) in [5.41, 5.74) is 0.832. The molecule has 1 saturated heterocycles. The van der Waals surface area contributed by atoms with E-state index < -0.39 is 5.60 Å². The monoisotopic (exact) mass is 321 g/mol. The molecule has 1 fully saturated rings. The summed E-state index contributed by atoms with van der Waals surface area (Å²) in [6.45, 7) is 10.6. The number of rotatable bonds is 4. The lowest BCUT2D eigenvalue weighted by molar-refractivity contribution is 0.0168. The van der Waals surface area contributed by atoms with Crippen LogP contribution < -0.4 is 0 Å². The Kier molecular flexibility index (Phi) is 5.74. The summed E-state index contributed by atoms with van der Waals surface area (Å²) in [7, 11) is 2.17. The predicted molar refractivity (Wildman–Crippen MR) is 92.4 cm³/mol. The van der Waals surface area contributed by atoms with Gasteiger partial charge in [0, 0.05) is 37.6 Å². The van der Waals surface area contributed by atoms with Crippen LogP contribution in [0.1, 0.15) is 52.3 Å². The number of carbonyl (C=O) groups excluding carboxylic acids is 1. The average Bonchev–Trinajstić information content (AvgIpc) is 2.99. The van der Waals surface area contributed by atoms with E-state index in [1.165, 1.54) is 5.69 Å². The number of nitrogens with zero attached hydrogens (tertiary/aromatic N) is 2. The topological polar surface area (TPSA) is 48.6 Å². The van der Waals surface area contributed by atoms with E-state index in [0.717, 1.165) is 32.5 Å². The van der Waals surface area contributed by atoms with Gasteiger partial charge < -0.3 is 14.6 Å². The molecule has 1 amide bonds. The minimum atomic E-state index is -0.417. The van der Waals surface area contributed by atoms with Gasteiger partial charge in [-0.2, -0.15) is 0 Å². The molecule has 1 aromatic heterocycles. The molecular formula is C18H31N3O2. The number of H-pyrrole nitrogens is 1. The highest BCUT2D eigenvalue weighted by atomic mass is 16.6. The molecule has 0 aromatic carbocycles. The molecule has 0 bridgehead atoms. The van der Waals surface area contributed by atoms with Gasteiger partial charge in [-0.1, -0.05) is 0 Å². The number of carbonyl (C=O) groups is 1. The lowest BCUT2D eigenvalue weighted by atomic mass is 9.96. The molecule has 1 aliphatic heterocycles. The lowest BCUT2D eigenvalue weighted by Gasteiger charge is -2.36. The van der Waals surface area contributed by atoms with Gasteiger partial charge in [-0.15, -0.1) is 0 Å². The van der Waals surface area contributed by atoms with Crippen molar-refractivity contribution >= 4 is 6.09 Å². The van der Waals surface area contributed by atoms with Gasteiger partial charge in [-0.05, 0) is 65.6 Å². The SMILES string of the molecule is C[C@H](c1ccc[nH]1)N(C)CC1CCN(C(=O)OC(C)(C)C)CC1. The van der Waals surface area contributed by atoms with Crippen molar-refractivity contribution in [2.24, 2.45) is 5.92 Å². The first-order chi connectivity index (χ1) is 10.8. The molecule has 1 N–H and O–H groups in total. The zero-order valence-corrected chi connectivity index (χ0v) is 15.1. The quantitative estimate of drug-likeness (QED) is 0.921. The Labute approximate surface area is 140 Å². The third-order valence-corrected chi connectivity index (χ3v) is 4.55. The van der Waals surface area contributed by atoms with Crippen LogP contribution in [-0.4, -0.2) is 53.2 Å². The van der Waals surface area contributed by atoms with Crippen molar-refractivity contribution < 1.29 is 9.53 Å². The van der Waals surface area contributed by atoms with E-state index in [9.17, 15) is 4.79 Å². The standard InChI is InChI=1S/C18H31N3O2/c1-14(16-7-6-10-19-16)20(5)13-15-8-11-21(12-9-15)17(22)23-18(2,3)4/h6-7,10,14-15,19H,8-9,11-13H2,1-5H3/t14-/m1/s1. The third-order valence-electron chi connectivity index (χ3n) is 4.55. The van der Waals surface area contributed by atoms with Crippen LogP contribution in [-0.2, 0) is 4.74 Å². The minimum absolute atomic E-state index is 0.177. The van der Waals surface area contributed by atoms with Crippen molar-refractivity contribution in [2.75, 3.05) is 26.7 Å². The van der Waals surface area contributed by atoms with Crippen LogP contribution in [0.3, 0.4) is 0 Å². The highest BCUT2D eigenvalue weighted by Crippen LogP contribution is 2.24. The summed E-state index contributed by atoms with van der Waals surface area (Å²) in [4.78, 5) is 19.6. The number of hydrogen-bond donors (Lipinski definition) is 1. The van der Waals surface area contributed by atoms with Crippen LogP contribution in [0.2, 0.25) is 0 Å². The lowest BCUT2D eigenvalue weighted by Crippen LogP contribution is -2.43. The summed E-state index contributed by atoms with van der Waals surface area (Å²) in [5, 5.41) is 0. The number of aromatic amines is 1. The molecule has 0 aliphatic carbocycles. The molecule has 2 heterocycles. The number of aromatic nitrogens is 1. The van der Waals surface area contributed by atoms with Gasteiger partial charge >= 0.3 is 6.09 Å². The molecule has 2 rings (SSSR count). The van der Waals surface area contributed by atoms with Gasteiger partial charge in [0.05, 0.1) is 0 Å². The Morgan fingerprint density at radius 3 is 2.61 bits per heavy atom. The van der Waals surface area contributed by atoms with Crippen LogP contribution in [0.4, 0.5) is 4.79 Å². The molecule has 0 radical (unpaired) electrons. The van der Waals surface area contributed by atoms with Gasteiger partial charge in [0.25, 0.3) is 0 Å². The molecule has 0 unspecified atom stereocenters. The number of ether oxygens (including phenoxy) is 1. The van der Waals surface area contributed by atoms with Crippen LogP contribution >= 0.6 is 0 Å². The molecule has 0 spiro atoms. The van der Waals surface area contributed by atoms with Gasteiger partial charge in [0.2, 0.25) is 0 Å². The molecule has 1 aromatic rings. The molecular weight excluding hydrogens is 290 g/mol. The van der Waals surface area contributed by atoms with E-state index >= 15 is 0 Å². The second-order valence-electron chi connectivity index (χ2n) is 7.65. The van der Waals surface area contributed by atoms with Gasteiger partial charge in [-0.3, -0.25) is 4.90 Å². The van der Waals surface area contributed by atoms with E-state index in [0.29, 0.717) is 12.0 Å². The Bertz CT molecular complexity index is 485. The Morgan fingerprint density at radius 2 is 2.09 bits per heavy atom. The van der Waals surface area contributed by atoms with E-state index in [1.807, 2.05) is 37.9 Å². The van der Waals surface area contributed by atoms with Gasteiger partial charge in [0.1, 0.15) is 5.60 Å². The van der Waals surface area contributed by atoms with Crippen molar-refractivity contribution in [3.05, 3.63) is 24.0 Å². The Balaban J connectivity index is 1.77. The molecule has 23 heavy (non-hydrogen) atoms. The van der Waals surface area contributed by atoms with Crippen molar-refractivity contribution in [3.8, 4) is 0 Å². The smallest absolute Gasteiger partial charge is 0.410 e. The second kappa shape index (κ2) is 7.39. The fourth-order valence-corrected chi connectivity index (χ4v) is 3.03. The maximum Gasteiger partial charge on any atom is 0.410 e. The normalized spacial score (nSPS) is 18.3. The first-order valence-electron chi connectivity index (χ1n) is 8.57. The van der Waals surface area contributed by atoms with E-state index in [2.05, 4.69) is 29.9 Å². The molecule has 130 valence electrons. The van der Waals surface area contributed by atoms with Crippen molar-refractivity contribution in [1.82, 2.24) is 14.8 Å². The van der Waals surface area contributed by atoms with Crippen molar-refractivity contribution in [2.45, 2.75) is 52.2 Å². The van der Waals surface area contributed by atoms with Crippen molar-refractivity contribution in [3.63, 3.8) is 0 Å². The predicted octanol–water partition coefficient (Wildman–Crippen LogP) is 3.65. The molecule has 1 aliphatic rings. The Hall–Kier alpha value is -1.49. The highest BCUT2D eigenvalue weighted by Gasteiger charge is 2.28. The number of amides is 1. The minimum Gasteiger partial charge on any atom is -0.444 e. The second-order valence-corrected chi connectivity index (χ2v) is 7.65. The number of nitrogens with one attached hydrogen (secondary N) is 1. The third kappa shape index (κ3) is 5.27. The summed E-state index contributed by atoms with van der Waals surface area (Å²) < 4.78 is 5.45. The summed E-state index contributed by atoms with van der Waals surface area (Å²) in [6.07, 6.45) is 3.88. The maximum absolute atomic E-state index is 12.1. The van der Waals surface area contributed by atoms with Crippen LogP contribution in [0, 0.1) is 5.92 Å². The molecule has 5 nitrogen and oxygen atoms in total. The fraction of sp³-hybridized carbons (Fsp3) is 0.722. The molecule has 0 saturated carbocycles. The van der Waals surface area contributed by atoms with E-state index in [1.54, 1.807) is 0 Å². The average molecular weight is 321 g/mol. The first-order valence-corrected chi connectivity index (χ1v) is 8.57. The number of hydrogen-bond acceptors (Lipinski definition) is 3. The van der Waals surface area contributed by atoms with Gasteiger partial charge in [0.15, 0.2) is 0 Å². The summed E-state index contributed by atoms with van der Waals surface area (Å²) in [6, 6.07) is 4.56. The maximum atomic E-state index is 12.1. The zero-order valence-electron chi connectivity index (χ0n) is 15.1. The summed E-state index contributed by atoms with van der Waals surface area (Å²) in [5.74, 6) is 0.635. The fourth-order valence-electron chi connectivity index (χ4n) is 3.03. The molecule has 1 atom stereocenters. The first kappa shape index (κ1) is 17.9. The molecule has 5 heteroatoms. The summed E-state index contributed by atoms with van der Waals surface area (Å²) >= 11 is 0. The van der Waals surface area contributed by atoms with Crippen molar-refractivity contribution in [1.29, 1.82) is 0 Å². The van der Waals surface area contributed by atoms with Crippen LogP contribution in [0.25, 0.3) is 0 Å². The number of likely N-dealkylation sites (tertiary alicyclic amines) is 1. The largest absolute Gasteiger partial charge is 0.444 e.